The molecule has 0 aliphatic carbocycles. The highest BCUT2D eigenvalue weighted by Gasteiger charge is 2.23. The van der Waals surface area contributed by atoms with E-state index in [4.69, 9.17) is 4.74 Å². The molecule has 0 amide bonds. The normalized spacial score (nSPS) is 17.1. The number of ether oxygens (including phenoxy) is 1. The zero-order chi connectivity index (χ0) is 13.4. The summed E-state index contributed by atoms with van der Waals surface area (Å²) in [6.07, 6.45) is 4.00. The second-order valence-electron chi connectivity index (χ2n) is 4.75. The number of nitrogens with zero attached hydrogens (tertiary/aromatic N) is 2. The fraction of sp³-hybridized carbons (Fsp3) is 0.286. The van der Waals surface area contributed by atoms with Gasteiger partial charge in [-0.15, -0.1) is 0 Å². The predicted octanol–water partition coefficient (Wildman–Crippen LogP) is 2.16. The number of hydrogen-bond donors (Lipinski definition) is 0. The van der Waals surface area contributed by atoms with Crippen LogP contribution >= 0.6 is 22.6 Å². The Bertz CT molecular complexity index is 681. The number of aryl methyl sites for hydroxylation is 1. The van der Waals surface area contributed by atoms with Crippen LogP contribution < -0.4 is 10.3 Å². The van der Waals surface area contributed by atoms with Crippen LogP contribution in [0.5, 0.6) is 5.75 Å². The van der Waals surface area contributed by atoms with E-state index in [2.05, 4.69) is 18.0 Å². The Morgan fingerprint density at radius 2 is 2.37 bits per heavy atom. The first kappa shape index (κ1) is 12.7. The van der Waals surface area contributed by atoms with E-state index in [0.717, 1.165) is 12.2 Å². The predicted molar refractivity (Wildman–Crippen MR) is 80.5 cm³/mol. The maximum atomic E-state index is 11.9. The van der Waals surface area contributed by atoms with Crippen LogP contribution in [0.25, 0.3) is 0 Å². The SMILES string of the molecule is Cc1ccc2c(c1)CC(Cn1cncc(I)c1=O)O2. The van der Waals surface area contributed by atoms with E-state index in [9.17, 15) is 4.79 Å². The molecule has 0 fully saturated rings. The molecule has 1 aromatic heterocycles. The molecule has 0 radical (unpaired) electrons. The Morgan fingerprint density at radius 3 is 3.21 bits per heavy atom. The first-order chi connectivity index (χ1) is 9.13. The van der Waals surface area contributed by atoms with Gasteiger partial charge in [-0.2, -0.15) is 0 Å². The number of aromatic nitrogens is 2. The minimum atomic E-state index is -0.00802. The van der Waals surface area contributed by atoms with E-state index in [1.165, 1.54) is 11.1 Å². The molecule has 0 bridgehead atoms. The third-order valence-electron chi connectivity index (χ3n) is 3.22. The molecule has 1 atom stereocenters. The van der Waals surface area contributed by atoms with Crippen molar-refractivity contribution in [1.29, 1.82) is 0 Å². The molecule has 2 aromatic rings. The van der Waals surface area contributed by atoms with Gasteiger partial charge in [0.2, 0.25) is 0 Å². The van der Waals surface area contributed by atoms with Crippen molar-refractivity contribution < 1.29 is 4.74 Å². The van der Waals surface area contributed by atoms with Gasteiger partial charge in [0.25, 0.3) is 5.56 Å². The molecule has 4 nitrogen and oxygen atoms in total. The van der Waals surface area contributed by atoms with Gasteiger partial charge >= 0.3 is 0 Å². The third kappa shape index (κ3) is 2.51. The second kappa shape index (κ2) is 4.96. The van der Waals surface area contributed by atoms with Crippen molar-refractivity contribution >= 4 is 22.6 Å². The van der Waals surface area contributed by atoms with Gasteiger partial charge in [0.15, 0.2) is 0 Å². The Morgan fingerprint density at radius 1 is 1.53 bits per heavy atom. The highest BCUT2D eigenvalue weighted by atomic mass is 127. The van der Waals surface area contributed by atoms with Gasteiger partial charge in [-0.1, -0.05) is 17.7 Å². The van der Waals surface area contributed by atoms with Crippen LogP contribution in [-0.4, -0.2) is 15.7 Å². The van der Waals surface area contributed by atoms with E-state index in [0.29, 0.717) is 10.1 Å². The average Bonchev–Trinajstić information content (AvgIpc) is 2.76. The number of fused-ring (bicyclic) bond motifs is 1. The minimum Gasteiger partial charge on any atom is -0.488 e. The molecule has 0 saturated heterocycles. The molecule has 1 unspecified atom stereocenters. The van der Waals surface area contributed by atoms with Crippen LogP contribution in [0.3, 0.4) is 0 Å². The molecule has 19 heavy (non-hydrogen) atoms. The molecule has 1 aliphatic rings. The van der Waals surface area contributed by atoms with Crippen LogP contribution in [0.2, 0.25) is 0 Å². The molecule has 3 rings (SSSR count). The summed E-state index contributed by atoms with van der Waals surface area (Å²) in [5.41, 5.74) is 2.44. The molecule has 0 N–H and O–H groups in total. The molecular formula is C14H13IN2O2. The highest BCUT2D eigenvalue weighted by molar-refractivity contribution is 14.1. The average molecular weight is 368 g/mol. The lowest BCUT2D eigenvalue weighted by Crippen LogP contribution is -2.30. The summed E-state index contributed by atoms with van der Waals surface area (Å²) in [4.78, 5) is 16.0. The molecule has 98 valence electrons. The summed E-state index contributed by atoms with van der Waals surface area (Å²) >= 11 is 2.00. The summed E-state index contributed by atoms with van der Waals surface area (Å²) < 4.78 is 8.12. The van der Waals surface area contributed by atoms with Crippen molar-refractivity contribution in [2.45, 2.75) is 26.0 Å². The first-order valence-electron chi connectivity index (χ1n) is 6.09. The lowest BCUT2D eigenvalue weighted by atomic mass is 10.1. The van der Waals surface area contributed by atoms with Gasteiger partial charge < -0.3 is 4.74 Å². The largest absolute Gasteiger partial charge is 0.488 e. The van der Waals surface area contributed by atoms with E-state index in [-0.39, 0.29) is 11.7 Å². The van der Waals surface area contributed by atoms with Crippen molar-refractivity contribution in [3.63, 3.8) is 0 Å². The van der Waals surface area contributed by atoms with Crippen molar-refractivity contribution in [2.24, 2.45) is 0 Å². The van der Waals surface area contributed by atoms with Crippen LogP contribution in [0.1, 0.15) is 11.1 Å². The standard InChI is InChI=1S/C14H13IN2O2/c1-9-2-3-13-10(4-9)5-11(19-13)7-17-8-16-6-12(15)14(17)18/h2-4,6,8,11H,5,7H2,1H3. The number of halogens is 1. The van der Waals surface area contributed by atoms with Crippen LogP contribution in [0.4, 0.5) is 0 Å². The summed E-state index contributed by atoms with van der Waals surface area (Å²) in [5, 5.41) is 0. The molecule has 1 aliphatic heterocycles. The molecular weight excluding hydrogens is 355 g/mol. The second-order valence-corrected chi connectivity index (χ2v) is 5.92. The smallest absolute Gasteiger partial charge is 0.266 e. The summed E-state index contributed by atoms with van der Waals surface area (Å²) in [6, 6.07) is 6.19. The fourth-order valence-electron chi connectivity index (χ4n) is 2.32. The fourth-order valence-corrected chi connectivity index (χ4v) is 2.80. The Hall–Kier alpha value is -1.37. The maximum Gasteiger partial charge on any atom is 0.266 e. The van der Waals surface area contributed by atoms with E-state index < -0.39 is 0 Å². The molecule has 2 heterocycles. The van der Waals surface area contributed by atoms with Crippen molar-refractivity contribution in [3.8, 4) is 5.75 Å². The van der Waals surface area contributed by atoms with Gasteiger partial charge in [-0.25, -0.2) is 4.98 Å². The zero-order valence-electron chi connectivity index (χ0n) is 10.5. The minimum absolute atomic E-state index is 0.00802. The molecule has 0 spiro atoms. The van der Waals surface area contributed by atoms with Crippen molar-refractivity contribution in [2.75, 3.05) is 0 Å². The van der Waals surface area contributed by atoms with Crippen molar-refractivity contribution in [3.05, 3.63) is 55.8 Å². The summed E-state index contributed by atoms with van der Waals surface area (Å²) in [5.74, 6) is 0.933. The monoisotopic (exact) mass is 368 g/mol. The van der Waals surface area contributed by atoms with E-state index in [1.807, 2.05) is 34.7 Å². The van der Waals surface area contributed by atoms with E-state index >= 15 is 0 Å². The van der Waals surface area contributed by atoms with Crippen LogP contribution in [0, 0.1) is 10.5 Å². The number of rotatable bonds is 2. The topological polar surface area (TPSA) is 44.1 Å². The van der Waals surface area contributed by atoms with Gasteiger partial charge in [0, 0.05) is 12.6 Å². The lowest BCUT2D eigenvalue weighted by molar-refractivity contribution is 0.207. The van der Waals surface area contributed by atoms with E-state index in [1.54, 1.807) is 17.1 Å². The molecule has 1 aromatic carbocycles. The lowest BCUT2D eigenvalue weighted by Gasteiger charge is -2.12. The Kier molecular flexibility index (Phi) is 3.30. The highest BCUT2D eigenvalue weighted by Crippen LogP contribution is 2.29. The quantitative estimate of drug-likeness (QED) is 0.764. The summed E-state index contributed by atoms with van der Waals surface area (Å²) in [7, 11) is 0. The number of benzene rings is 1. The van der Waals surface area contributed by atoms with Gasteiger partial charge in [-0.05, 0) is 41.1 Å². The van der Waals surface area contributed by atoms with Gasteiger partial charge in [0.05, 0.1) is 16.4 Å². The van der Waals surface area contributed by atoms with Crippen molar-refractivity contribution in [1.82, 2.24) is 9.55 Å². The molecule has 5 heteroatoms. The third-order valence-corrected chi connectivity index (χ3v) is 3.96. The molecule has 0 saturated carbocycles. The van der Waals surface area contributed by atoms with Gasteiger partial charge in [-0.3, -0.25) is 9.36 Å². The first-order valence-corrected chi connectivity index (χ1v) is 7.17. The van der Waals surface area contributed by atoms with Gasteiger partial charge in [0.1, 0.15) is 11.9 Å². The Labute approximate surface area is 124 Å². The zero-order valence-corrected chi connectivity index (χ0v) is 12.6. The maximum absolute atomic E-state index is 11.9. The van der Waals surface area contributed by atoms with Crippen LogP contribution in [0.15, 0.2) is 35.5 Å². The van der Waals surface area contributed by atoms with Crippen LogP contribution in [-0.2, 0) is 13.0 Å². The summed E-state index contributed by atoms with van der Waals surface area (Å²) in [6.45, 7) is 2.61. The number of hydrogen-bond acceptors (Lipinski definition) is 3. The Balaban J connectivity index is 1.81.